The summed E-state index contributed by atoms with van der Waals surface area (Å²) in [6.45, 7) is 0.361. The summed E-state index contributed by atoms with van der Waals surface area (Å²) < 4.78 is 0. The number of amides is 2. The molecule has 1 aromatic carbocycles. The molecule has 0 aromatic heterocycles. The smallest absolute Gasteiger partial charge is 0.313 e. The SMILES string of the molecule is O=C(NC[C@H]1CCCC[C@@H]1O)C(=O)Nc1cccc2c1CCCC2. The number of benzene rings is 1. The van der Waals surface area contributed by atoms with Crippen LogP contribution >= 0.6 is 0 Å². The number of rotatable bonds is 3. The van der Waals surface area contributed by atoms with Crippen molar-refractivity contribution in [2.24, 2.45) is 5.92 Å². The van der Waals surface area contributed by atoms with E-state index in [1.54, 1.807) is 0 Å². The van der Waals surface area contributed by atoms with Crippen molar-refractivity contribution in [2.75, 3.05) is 11.9 Å². The fourth-order valence-corrected chi connectivity index (χ4v) is 3.81. The molecule has 0 radical (unpaired) electrons. The molecule has 1 aromatic rings. The molecular formula is C19H26N2O3. The van der Waals surface area contributed by atoms with E-state index in [1.807, 2.05) is 12.1 Å². The van der Waals surface area contributed by atoms with Gasteiger partial charge in [0.15, 0.2) is 0 Å². The average Bonchev–Trinajstić information content (AvgIpc) is 2.61. The maximum Gasteiger partial charge on any atom is 0.313 e. The number of aryl methyl sites for hydroxylation is 1. The second-order valence-corrected chi connectivity index (χ2v) is 6.93. The van der Waals surface area contributed by atoms with Crippen LogP contribution < -0.4 is 10.6 Å². The van der Waals surface area contributed by atoms with E-state index in [0.717, 1.165) is 56.2 Å². The van der Waals surface area contributed by atoms with Gasteiger partial charge in [0.2, 0.25) is 0 Å². The molecule has 2 amide bonds. The van der Waals surface area contributed by atoms with E-state index in [2.05, 4.69) is 16.7 Å². The Morgan fingerprint density at radius 1 is 1.04 bits per heavy atom. The third-order valence-electron chi connectivity index (χ3n) is 5.24. The first kappa shape index (κ1) is 17.0. The Balaban J connectivity index is 1.56. The van der Waals surface area contributed by atoms with Crippen LogP contribution in [0.15, 0.2) is 18.2 Å². The number of anilines is 1. The normalized spacial score (nSPS) is 23.2. The van der Waals surface area contributed by atoms with Crippen LogP contribution in [0.1, 0.15) is 49.7 Å². The highest BCUT2D eigenvalue weighted by atomic mass is 16.3. The minimum Gasteiger partial charge on any atom is -0.393 e. The zero-order chi connectivity index (χ0) is 16.9. The number of carbonyl (C=O) groups is 2. The highest BCUT2D eigenvalue weighted by molar-refractivity contribution is 6.39. The summed E-state index contributed by atoms with van der Waals surface area (Å²) in [5.74, 6) is -1.19. The van der Waals surface area contributed by atoms with E-state index in [9.17, 15) is 14.7 Å². The summed E-state index contributed by atoms with van der Waals surface area (Å²) in [4.78, 5) is 24.2. The van der Waals surface area contributed by atoms with Crippen molar-refractivity contribution in [2.45, 2.75) is 57.5 Å². The van der Waals surface area contributed by atoms with Crippen LogP contribution in [-0.4, -0.2) is 29.6 Å². The molecule has 24 heavy (non-hydrogen) atoms. The van der Waals surface area contributed by atoms with Gasteiger partial charge in [0.25, 0.3) is 0 Å². The first-order valence-electron chi connectivity index (χ1n) is 9.03. The Morgan fingerprint density at radius 2 is 1.83 bits per heavy atom. The standard InChI is InChI=1S/C19H26N2O3/c22-17-11-4-2-7-14(17)12-20-18(23)19(24)21-16-10-5-8-13-6-1-3-9-15(13)16/h5,8,10,14,17,22H,1-4,6-7,9,11-12H2,(H,20,23)(H,21,24)/t14-,17+/m1/s1. The molecule has 2 atom stereocenters. The molecule has 3 N–H and O–H groups in total. The van der Waals surface area contributed by atoms with Crippen LogP contribution in [0.2, 0.25) is 0 Å². The van der Waals surface area contributed by atoms with Gasteiger partial charge in [-0.05, 0) is 55.7 Å². The molecule has 0 spiro atoms. The number of nitrogens with one attached hydrogen (secondary N) is 2. The number of hydrogen-bond acceptors (Lipinski definition) is 3. The van der Waals surface area contributed by atoms with Crippen LogP contribution in [0.4, 0.5) is 5.69 Å². The summed E-state index contributed by atoms with van der Waals surface area (Å²) in [6, 6.07) is 5.88. The van der Waals surface area contributed by atoms with Gasteiger partial charge in [-0.3, -0.25) is 9.59 Å². The van der Waals surface area contributed by atoms with E-state index in [0.29, 0.717) is 6.54 Å². The van der Waals surface area contributed by atoms with Gasteiger partial charge in [-0.15, -0.1) is 0 Å². The van der Waals surface area contributed by atoms with Crippen LogP contribution in [0.5, 0.6) is 0 Å². The van der Waals surface area contributed by atoms with E-state index in [1.165, 1.54) is 12.0 Å². The first-order chi connectivity index (χ1) is 11.6. The quantitative estimate of drug-likeness (QED) is 0.743. The number of aliphatic hydroxyl groups excluding tert-OH is 1. The zero-order valence-electron chi connectivity index (χ0n) is 14.0. The number of aliphatic hydroxyl groups is 1. The monoisotopic (exact) mass is 330 g/mol. The minimum absolute atomic E-state index is 0.0555. The molecular weight excluding hydrogens is 304 g/mol. The third-order valence-corrected chi connectivity index (χ3v) is 5.24. The second-order valence-electron chi connectivity index (χ2n) is 6.93. The van der Waals surface area contributed by atoms with Gasteiger partial charge < -0.3 is 15.7 Å². The van der Waals surface area contributed by atoms with Crippen molar-refractivity contribution < 1.29 is 14.7 Å². The summed E-state index contributed by atoms with van der Waals surface area (Å²) in [5.41, 5.74) is 3.18. The topological polar surface area (TPSA) is 78.4 Å². The molecule has 0 bridgehead atoms. The van der Waals surface area contributed by atoms with Gasteiger partial charge in [0.1, 0.15) is 0 Å². The molecule has 0 aliphatic heterocycles. The van der Waals surface area contributed by atoms with Crippen molar-refractivity contribution in [3.8, 4) is 0 Å². The molecule has 130 valence electrons. The molecule has 3 rings (SSSR count). The lowest BCUT2D eigenvalue weighted by Gasteiger charge is -2.27. The van der Waals surface area contributed by atoms with Crippen LogP contribution in [0.3, 0.4) is 0 Å². The highest BCUT2D eigenvalue weighted by Gasteiger charge is 2.25. The molecule has 2 aliphatic rings. The summed E-state index contributed by atoms with van der Waals surface area (Å²) in [6.07, 6.45) is 7.68. The number of fused-ring (bicyclic) bond motifs is 1. The summed E-state index contributed by atoms with van der Waals surface area (Å²) in [5, 5.41) is 15.4. The van der Waals surface area contributed by atoms with Gasteiger partial charge in [-0.2, -0.15) is 0 Å². The average molecular weight is 330 g/mol. The minimum atomic E-state index is -0.626. The Labute approximate surface area is 142 Å². The van der Waals surface area contributed by atoms with Crippen molar-refractivity contribution in [3.63, 3.8) is 0 Å². The van der Waals surface area contributed by atoms with Crippen LogP contribution in [0, 0.1) is 5.92 Å². The molecule has 1 fully saturated rings. The van der Waals surface area contributed by atoms with E-state index < -0.39 is 11.8 Å². The fraction of sp³-hybridized carbons (Fsp3) is 0.579. The first-order valence-corrected chi connectivity index (χ1v) is 9.03. The number of hydrogen-bond donors (Lipinski definition) is 3. The molecule has 0 saturated heterocycles. The lowest BCUT2D eigenvalue weighted by atomic mass is 9.86. The molecule has 5 nitrogen and oxygen atoms in total. The maximum atomic E-state index is 12.2. The molecule has 5 heteroatoms. The summed E-state index contributed by atoms with van der Waals surface area (Å²) in [7, 11) is 0. The van der Waals surface area contributed by atoms with E-state index in [4.69, 9.17) is 0 Å². The predicted molar refractivity (Wildman–Crippen MR) is 92.7 cm³/mol. The van der Waals surface area contributed by atoms with Crippen molar-refractivity contribution in [1.82, 2.24) is 5.32 Å². The van der Waals surface area contributed by atoms with E-state index >= 15 is 0 Å². The van der Waals surface area contributed by atoms with Crippen molar-refractivity contribution in [3.05, 3.63) is 29.3 Å². The molecule has 0 unspecified atom stereocenters. The largest absolute Gasteiger partial charge is 0.393 e. The Morgan fingerprint density at radius 3 is 2.67 bits per heavy atom. The Bertz CT molecular complexity index is 615. The number of carbonyl (C=O) groups excluding carboxylic acids is 2. The molecule has 2 aliphatic carbocycles. The molecule has 1 saturated carbocycles. The Hall–Kier alpha value is -1.88. The highest BCUT2D eigenvalue weighted by Crippen LogP contribution is 2.28. The molecule has 0 heterocycles. The van der Waals surface area contributed by atoms with Gasteiger partial charge in [0, 0.05) is 18.2 Å². The van der Waals surface area contributed by atoms with E-state index in [-0.39, 0.29) is 12.0 Å². The van der Waals surface area contributed by atoms with Gasteiger partial charge in [-0.1, -0.05) is 25.0 Å². The fourth-order valence-electron chi connectivity index (χ4n) is 3.81. The maximum absolute atomic E-state index is 12.2. The van der Waals surface area contributed by atoms with Crippen LogP contribution in [-0.2, 0) is 22.4 Å². The second kappa shape index (κ2) is 7.79. The lowest BCUT2D eigenvalue weighted by Crippen LogP contribution is -2.41. The Kier molecular flexibility index (Phi) is 5.51. The lowest BCUT2D eigenvalue weighted by molar-refractivity contribution is -0.136. The zero-order valence-corrected chi connectivity index (χ0v) is 14.0. The van der Waals surface area contributed by atoms with Gasteiger partial charge in [0.05, 0.1) is 6.10 Å². The van der Waals surface area contributed by atoms with Crippen molar-refractivity contribution >= 4 is 17.5 Å². The third kappa shape index (κ3) is 3.96. The van der Waals surface area contributed by atoms with Crippen molar-refractivity contribution in [1.29, 1.82) is 0 Å². The predicted octanol–water partition coefficient (Wildman–Crippen LogP) is 2.17. The van der Waals surface area contributed by atoms with Gasteiger partial charge >= 0.3 is 11.8 Å². The van der Waals surface area contributed by atoms with Crippen LogP contribution in [0.25, 0.3) is 0 Å². The van der Waals surface area contributed by atoms with Gasteiger partial charge in [-0.25, -0.2) is 0 Å². The summed E-state index contributed by atoms with van der Waals surface area (Å²) >= 11 is 0.